The van der Waals surface area contributed by atoms with Crippen molar-refractivity contribution in [2.45, 2.75) is 17.9 Å². The molecule has 0 N–H and O–H groups in total. The normalized spacial score (nSPS) is 12.0. The van der Waals surface area contributed by atoms with Gasteiger partial charge in [0.05, 0.1) is 42.2 Å². The molecule has 1 heterocycles. The Labute approximate surface area is 190 Å². The Morgan fingerprint density at radius 3 is 2.34 bits per heavy atom. The van der Waals surface area contributed by atoms with Crippen LogP contribution < -0.4 is 19.0 Å². The molecule has 3 aromatic rings. The predicted octanol–water partition coefficient (Wildman–Crippen LogP) is 3.21. The van der Waals surface area contributed by atoms with Gasteiger partial charge in [0.1, 0.15) is 5.75 Å². The van der Waals surface area contributed by atoms with Gasteiger partial charge in [0.25, 0.3) is 0 Å². The van der Waals surface area contributed by atoms with Gasteiger partial charge in [-0.05, 0) is 24.3 Å². The number of methoxy groups -OCH3 is 3. The Kier molecular flexibility index (Phi) is 7.37. The van der Waals surface area contributed by atoms with E-state index in [0.29, 0.717) is 28.6 Å². The van der Waals surface area contributed by atoms with E-state index in [4.69, 9.17) is 14.2 Å². The topological polar surface area (TPSA) is 96.2 Å². The van der Waals surface area contributed by atoms with Crippen molar-refractivity contribution in [3.05, 3.63) is 53.9 Å². The Morgan fingerprint density at radius 1 is 1.09 bits per heavy atom. The molecule has 2 aromatic carbocycles. The second-order valence-electron chi connectivity index (χ2n) is 6.71. The van der Waals surface area contributed by atoms with Crippen molar-refractivity contribution < 1.29 is 27.4 Å². The standard InChI is InChI=1S/C22H24N2O6S2/c1-5-11-24-17-13-18(29-3)19(30-4)14-20(17)31-22(24)23-21(25)10-12-32(26,27)16-8-6-15(28-2)7-9-16/h5-9,13-14H,1,10-12H2,2-4H3. The summed E-state index contributed by atoms with van der Waals surface area (Å²) < 4.78 is 43.6. The minimum absolute atomic E-state index is 0.133. The van der Waals surface area contributed by atoms with Crippen LogP contribution in [0.25, 0.3) is 10.2 Å². The highest BCUT2D eigenvalue weighted by Gasteiger charge is 2.17. The molecule has 0 spiro atoms. The van der Waals surface area contributed by atoms with E-state index in [0.717, 1.165) is 10.2 Å². The van der Waals surface area contributed by atoms with Crippen molar-refractivity contribution in [2.24, 2.45) is 4.99 Å². The highest BCUT2D eigenvalue weighted by molar-refractivity contribution is 7.91. The summed E-state index contributed by atoms with van der Waals surface area (Å²) >= 11 is 1.30. The molecular formula is C22H24N2O6S2. The summed E-state index contributed by atoms with van der Waals surface area (Å²) in [4.78, 5) is 17.3. The highest BCUT2D eigenvalue weighted by Crippen LogP contribution is 2.33. The van der Waals surface area contributed by atoms with Gasteiger partial charge in [-0.15, -0.1) is 6.58 Å². The highest BCUT2D eigenvalue weighted by atomic mass is 32.2. The van der Waals surface area contributed by atoms with Crippen LogP contribution in [0.3, 0.4) is 0 Å². The Morgan fingerprint density at radius 2 is 1.75 bits per heavy atom. The second-order valence-corrected chi connectivity index (χ2v) is 9.83. The molecule has 3 rings (SSSR count). The Balaban J connectivity index is 1.89. The fourth-order valence-corrected chi connectivity index (χ4v) is 5.37. The number of carbonyl (C=O) groups excluding carboxylic acids is 1. The third kappa shape index (κ3) is 5.03. The Bertz CT molecular complexity index is 1300. The molecule has 10 heteroatoms. The summed E-state index contributed by atoms with van der Waals surface area (Å²) in [5.74, 6) is 0.815. The van der Waals surface area contributed by atoms with Gasteiger partial charge in [0.2, 0.25) is 5.91 Å². The summed E-state index contributed by atoms with van der Waals surface area (Å²) in [5.41, 5.74) is 0.810. The van der Waals surface area contributed by atoms with Crippen LogP contribution in [0.5, 0.6) is 17.2 Å². The second kappa shape index (κ2) is 10.0. The van der Waals surface area contributed by atoms with Crippen LogP contribution in [0.4, 0.5) is 0 Å². The number of aromatic nitrogens is 1. The number of sulfone groups is 1. The number of thiazole rings is 1. The molecule has 0 atom stereocenters. The van der Waals surface area contributed by atoms with Gasteiger partial charge in [0.15, 0.2) is 26.1 Å². The first-order valence-electron chi connectivity index (χ1n) is 9.63. The van der Waals surface area contributed by atoms with Crippen molar-refractivity contribution in [1.29, 1.82) is 0 Å². The van der Waals surface area contributed by atoms with Gasteiger partial charge in [0, 0.05) is 25.1 Å². The predicted molar refractivity (Wildman–Crippen MR) is 123 cm³/mol. The first-order chi connectivity index (χ1) is 15.3. The Hall–Kier alpha value is -3.11. The maximum absolute atomic E-state index is 12.6. The number of hydrogen-bond acceptors (Lipinski definition) is 7. The number of allylic oxidation sites excluding steroid dienone is 1. The molecule has 0 aliphatic heterocycles. The molecule has 0 aliphatic rings. The summed E-state index contributed by atoms with van der Waals surface area (Å²) in [6.07, 6.45) is 1.46. The summed E-state index contributed by atoms with van der Waals surface area (Å²) in [6, 6.07) is 9.68. The van der Waals surface area contributed by atoms with Gasteiger partial charge in [-0.1, -0.05) is 17.4 Å². The van der Waals surface area contributed by atoms with Gasteiger partial charge in [-0.25, -0.2) is 8.42 Å². The largest absolute Gasteiger partial charge is 0.497 e. The van der Waals surface area contributed by atoms with Crippen LogP contribution in [-0.4, -0.2) is 46.0 Å². The number of hydrogen-bond donors (Lipinski definition) is 0. The number of fused-ring (bicyclic) bond motifs is 1. The monoisotopic (exact) mass is 476 g/mol. The summed E-state index contributed by atoms with van der Waals surface area (Å²) in [7, 11) is 0.974. The fourth-order valence-electron chi connectivity index (χ4n) is 3.07. The number of rotatable bonds is 9. The van der Waals surface area contributed by atoms with Gasteiger partial charge in [-0.2, -0.15) is 4.99 Å². The molecule has 1 aromatic heterocycles. The van der Waals surface area contributed by atoms with Gasteiger partial charge >= 0.3 is 0 Å². The van der Waals surface area contributed by atoms with E-state index < -0.39 is 15.7 Å². The molecule has 8 nitrogen and oxygen atoms in total. The van der Waals surface area contributed by atoms with Crippen LogP contribution >= 0.6 is 11.3 Å². The SMILES string of the molecule is C=CCn1c(=NC(=O)CCS(=O)(=O)c2ccc(OC)cc2)sc2cc(OC)c(OC)cc21. The van der Waals surface area contributed by atoms with Crippen LogP contribution in [0.15, 0.2) is 58.9 Å². The number of amides is 1. The van der Waals surface area contributed by atoms with Crippen molar-refractivity contribution in [3.63, 3.8) is 0 Å². The lowest BCUT2D eigenvalue weighted by molar-refractivity contribution is -0.117. The van der Waals surface area contributed by atoms with Crippen molar-refractivity contribution in [3.8, 4) is 17.2 Å². The third-order valence-electron chi connectivity index (χ3n) is 4.72. The van der Waals surface area contributed by atoms with Crippen molar-refractivity contribution >= 4 is 37.3 Å². The molecule has 0 bridgehead atoms. The first-order valence-corrected chi connectivity index (χ1v) is 12.1. The fraction of sp³-hybridized carbons (Fsp3) is 0.273. The molecule has 0 aliphatic carbocycles. The van der Waals surface area contributed by atoms with E-state index in [-0.39, 0.29) is 17.1 Å². The van der Waals surface area contributed by atoms with E-state index in [2.05, 4.69) is 11.6 Å². The van der Waals surface area contributed by atoms with Crippen LogP contribution in [0, 0.1) is 0 Å². The van der Waals surface area contributed by atoms with E-state index in [1.54, 1.807) is 32.4 Å². The zero-order chi connectivity index (χ0) is 23.3. The minimum atomic E-state index is -3.62. The average Bonchev–Trinajstić information content (AvgIpc) is 3.12. The lowest BCUT2D eigenvalue weighted by Crippen LogP contribution is -2.17. The molecular weight excluding hydrogens is 452 g/mol. The van der Waals surface area contributed by atoms with Gasteiger partial charge < -0.3 is 18.8 Å². The molecule has 0 fully saturated rings. The summed E-state index contributed by atoms with van der Waals surface area (Å²) in [5, 5.41) is 0. The molecule has 0 saturated carbocycles. The van der Waals surface area contributed by atoms with E-state index in [1.807, 2.05) is 16.7 Å². The third-order valence-corrected chi connectivity index (χ3v) is 7.50. The number of ether oxygens (including phenoxy) is 3. The van der Waals surface area contributed by atoms with Crippen LogP contribution in [0.2, 0.25) is 0 Å². The van der Waals surface area contributed by atoms with Crippen LogP contribution in [-0.2, 0) is 21.2 Å². The smallest absolute Gasteiger partial charge is 0.249 e. The van der Waals surface area contributed by atoms with E-state index >= 15 is 0 Å². The minimum Gasteiger partial charge on any atom is -0.497 e. The lowest BCUT2D eigenvalue weighted by Gasteiger charge is -2.08. The molecule has 170 valence electrons. The lowest BCUT2D eigenvalue weighted by atomic mass is 10.3. The van der Waals surface area contributed by atoms with E-state index in [9.17, 15) is 13.2 Å². The maximum atomic E-state index is 12.6. The molecule has 0 radical (unpaired) electrons. The molecule has 0 saturated heterocycles. The average molecular weight is 477 g/mol. The number of nitrogens with zero attached hydrogens (tertiary/aromatic N) is 2. The quantitative estimate of drug-likeness (QED) is 0.440. The van der Waals surface area contributed by atoms with Crippen LogP contribution in [0.1, 0.15) is 6.42 Å². The molecule has 32 heavy (non-hydrogen) atoms. The zero-order valence-corrected chi connectivity index (χ0v) is 19.7. The molecule has 0 unspecified atom stereocenters. The zero-order valence-electron chi connectivity index (χ0n) is 18.0. The first kappa shape index (κ1) is 23.6. The molecule has 1 amide bonds. The van der Waals surface area contributed by atoms with E-state index in [1.165, 1.54) is 30.6 Å². The number of carbonyl (C=O) groups is 1. The number of benzene rings is 2. The van der Waals surface area contributed by atoms with Gasteiger partial charge in [-0.3, -0.25) is 4.79 Å². The summed E-state index contributed by atoms with van der Waals surface area (Å²) in [6.45, 7) is 4.19. The van der Waals surface area contributed by atoms with Crippen molar-refractivity contribution in [1.82, 2.24) is 4.57 Å². The van der Waals surface area contributed by atoms with Crippen molar-refractivity contribution in [2.75, 3.05) is 27.1 Å². The maximum Gasteiger partial charge on any atom is 0.249 e.